The van der Waals surface area contributed by atoms with Gasteiger partial charge in [-0.05, 0) is 44.9 Å². The first-order valence-electron chi connectivity index (χ1n) is 11.3. The largest absolute Gasteiger partial charge is 0.444 e. The van der Waals surface area contributed by atoms with Crippen LogP contribution >= 0.6 is 22.7 Å². The molecule has 1 aliphatic rings. The fourth-order valence-electron chi connectivity index (χ4n) is 3.77. The van der Waals surface area contributed by atoms with Crippen molar-refractivity contribution in [1.29, 1.82) is 0 Å². The third-order valence-electron chi connectivity index (χ3n) is 5.29. The van der Waals surface area contributed by atoms with Gasteiger partial charge >= 0.3 is 6.09 Å². The van der Waals surface area contributed by atoms with Crippen molar-refractivity contribution < 1.29 is 19.4 Å². The van der Waals surface area contributed by atoms with Gasteiger partial charge in [0.05, 0.1) is 23.4 Å². The van der Waals surface area contributed by atoms with Crippen LogP contribution in [0.15, 0.2) is 24.3 Å². The summed E-state index contributed by atoms with van der Waals surface area (Å²) in [6, 6.07) is 8.00. The molecule has 4 rings (SSSR count). The van der Waals surface area contributed by atoms with Crippen LogP contribution in [-0.4, -0.2) is 58.8 Å². The van der Waals surface area contributed by atoms with Crippen molar-refractivity contribution in [3.05, 3.63) is 34.7 Å². The molecule has 182 valence electrons. The number of aliphatic hydroxyl groups excluding tert-OH is 1. The second kappa shape index (κ2) is 10.4. The number of para-hydroxylation sites is 1. The first-order chi connectivity index (χ1) is 16.2. The molecule has 0 saturated heterocycles. The Bertz CT molecular complexity index is 1150. The Morgan fingerprint density at radius 2 is 2.00 bits per heavy atom. The molecule has 3 heterocycles. The fourth-order valence-corrected chi connectivity index (χ4v) is 6.16. The average Bonchev–Trinajstić information content (AvgIpc) is 3.35. The summed E-state index contributed by atoms with van der Waals surface area (Å²) >= 11 is 3.11. The normalized spacial score (nSPS) is 13.7. The Balaban J connectivity index is 1.62. The van der Waals surface area contributed by atoms with Crippen molar-refractivity contribution in [2.45, 2.75) is 45.8 Å². The van der Waals surface area contributed by atoms with Gasteiger partial charge in [-0.15, -0.1) is 22.7 Å². The molecule has 0 saturated carbocycles. The molecule has 34 heavy (non-hydrogen) atoms. The second-order valence-electron chi connectivity index (χ2n) is 9.12. The zero-order valence-corrected chi connectivity index (χ0v) is 21.3. The van der Waals surface area contributed by atoms with Gasteiger partial charge in [0.25, 0.3) is 0 Å². The minimum Gasteiger partial charge on any atom is -0.444 e. The summed E-state index contributed by atoms with van der Waals surface area (Å²) in [6.45, 7) is 7.56. The Labute approximate surface area is 206 Å². The highest BCUT2D eigenvalue weighted by atomic mass is 32.1. The summed E-state index contributed by atoms with van der Waals surface area (Å²) < 4.78 is 6.66. The molecule has 0 fully saturated rings. The Morgan fingerprint density at radius 3 is 2.74 bits per heavy atom. The van der Waals surface area contributed by atoms with Gasteiger partial charge in [-0.3, -0.25) is 4.79 Å². The molecule has 10 heteroatoms. The third kappa shape index (κ3) is 5.75. The van der Waals surface area contributed by atoms with Gasteiger partial charge in [-0.25, -0.2) is 9.78 Å². The van der Waals surface area contributed by atoms with Crippen LogP contribution in [0.1, 0.15) is 37.6 Å². The van der Waals surface area contributed by atoms with Crippen molar-refractivity contribution in [3.63, 3.8) is 0 Å². The number of carbonyl (C=O) groups excluding carboxylic acids is 2. The van der Waals surface area contributed by atoms with Gasteiger partial charge in [-0.2, -0.15) is 0 Å². The molecule has 2 amide bonds. The van der Waals surface area contributed by atoms with Crippen LogP contribution in [0.5, 0.6) is 0 Å². The average molecular weight is 503 g/mol. The zero-order chi connectivity index (χ0) is 24.3. The summed E-state index contributed by atoms with van der Waals surface area (Å²) in [4.78, 5) is 32.9. The van der Waals surface area contributed by atoms with E-state index in [4.69, 9.17) is 14.8 Å². The molecule has 0 aliphatic carbocycles. The van der Waals surface area contributed by atoms with E-state index in [2.05, 4.69) is 10.6 Å². The van der Waals surface area contributed by atoms with E-state index in [0.29, 0.717) is 39.0 Å². The van der Waals surface area contributed by atoms with Gasteiger partial charge < -0.3 is 25.4 Å². The van der Waals surface area contributed by atoms with Gasteiger partial charge in [0.2, 0.25) is 5.91 Å². The monoisotopic (exact) mass is 502 g/mol. The summed E-state index contributed by atoms with van der Waals surface area (Å²) in [7, 11) is 0. The highest BCUT2D eigenvalue weighted by Crippen LogP contribution is 2.45. The molecule has 0 unspecified atom stereocenters. The third-order valence-corrected chi connectivity index (χ3v) is 7.47. The van der Waals surface area contributed by atoms with Gasteiger partial charge in [0.15, 0.2) is 0 Å². The van der Waals surface area contributed by atoms with E-state index in [-0.39, 0.29) is 18.6 Å². The quantitative estimate of drug-likeness (QED) is 0.418. The van der Waals surface area contributed by atoms with Crippen molar-refractivity contribution in [3.8, 4) is 10.6 Å². The summed E-state index contributed by atoms with van der Waals surface area (Å²) in [5, 5.41) is 16.6. The number of hydrogen-bond donors (Lipinski definition) is 3. The number of aromatic nitrogens is 1. The number of thiophene rings is 1. The number of rotatable bonds is 7. The number of fused-ring (bicyclic) bond motifs is 2. The van der Waals surface area contributed by atoms with E-state index in [0.717, 1.165) is 36.2 Å². The molecule has 0 atom stereocenters. The van der Waals surface area contributed by atoms with Crippen LogP contribution in [0.25, 0.3) is 20.8 Å². The predicted molar refractivity (Wildman–Crippen MR) is 136 cm³/mol. The van der Waals surface area contributed by atoms with E-state index in [1.807, 2.05) is 45.0 Å². The molecule has 0 radical (unpaired) electrons. The topological polar surface area (TPSA) is 104 Å². The number of thiazole rings is 1. The first-order valence-corrected chi connectivity index (χ1v) is 13.0. The Morgan fingerprint density at radius 1 is 1.21 bits per heavy atom. The highest BCUT2D eigenvalue weighted by molar-refractivity contribution is 7.22. The lowest BCUT2D eigenvalue weighted by Crippen LogP contribution is -2.39. The van der Waals surface area contributed by atoms with Crippen LogP contribution in [0.4, 0.5) is 9.80 Å². The maximum absolute atomic E-state index is 12.7. The minimum absolute atomic E-state index is 0.0369. The van der Waals surface area contributed by atoms with Crippen LogP contribution in [0.3, 0.4) is 0 Å². The maximum atomic E-state index is 12.7. The standard InChI is InChI=1S/C24H30N4O4S2/c1-24(2,3)32-23(31)28-12-9-15-18(14-28)34-22(27-19(30)8-10-25-11-13-29)20(15)21-26-16-6-4-5-7-17(16)33-21/h4-7,25,29H,8-14H2,1-3H3,(H,27,30). The molecule has 1 aromatic carbocycles. The molecule has 3 aromatic rings. The summed E-state index contributed by atoms with van der Waals surface area (Å²) in [6.07, 6.45) is 0.643. The number of aliphatic hydroxyl groups is 1. The van der Waals surface area contributed by atoms with Crippen molar-refractivity contribution in [1.82, 2.24) is 15.2 Å². The van der Waals surface area contributed by atoms with Crippen molar-refractivity contribution in [2.75, 3.05) is 31.6 Å². The SMILES string of the molecule is CC(C)(C)OC(=O)N1CCc2c(sc(NC(=O)CCNCCO)c2-c2nc3ccccc3s2)C1. The summed E-state index contributed by atoms with van der Waals surface area (Å²) in [5.41, 5.74) is 2.47. The van der Waals surface area contributed by atoms with Crippen molar-refractivity contribution in [2.24, 2.45) is 0 Å². The first kappa shape index (κ1) is 24.6. The number of nitrogens with zero attached hydrogens (tertiary/aromatic N) is 2. The predicted octanol–water partition coefficient (Wildman–Crippen LogP) is 4.23. The fraction of sp³-hybridized carbons (Fsp3) is 0.458. The molecule has 0 spiro atoms. The van der Waals surface area contributed by atoms with Crippen LogP contribution in [0, 0.1) is 0 Å². The maximum Gasteiger partial charge on any atom is 0.410 e. The van der Waals surface area contributed by atoms with Crippen molar-refractivity contribution >= 4 is 49.9 Å². The number of ether oxygens (including phenoxy) is 1. The van der Waals surface area contributed by atoms with Gasteiger partial charge in [0, 0.05) is 36.5 Å². The van der Waals surface area contributed by atoms with Crippen LogP contribution in [-0.2, 0) is 22.5 Å². The second-order valence-corrected chi connectivity index (χ2v) is 11.3. The van der Waals surface area contributed by atoms with E-state index < -0.39 is 5.60 Å². The van der Waals surface area contributed by atoms with Crippen LogP contribution < -0.4 is 10.6 Å². The molecule has 1 aliphatic heterocycles. The van der Waals surface area contributed by atoms with Crippen LogP contribution in [0.2, 0.25) is 0 Å². The van der Waals surface area contributed by atoms with Gasteiger partial charge in [-0.1, -0.05) is 12.1 Å². The Kier molecular flexibility index (Phi) is 7.51. The molecule has 3 N–H and O–H groups in total. The van der Waals surface area contributed by atoms with Gasteiger partial charge in [0.1, 0.15) is 15.6 Å². The number of anilines is 1. The summed E-state index contributed by atoms with van der Waals surface area (Å²) in [5.74, 6) is -0.101. The lowest BCUT2D eigenvalue weighted by molar-refractivity contribution is -0.116. The van der Waals surface area contributed by atoms with E-state index in [1.54, 1.807) is 16.2 Å². The smallest absolute Gasteiger partial charge is 0.410 e. The lowest BCUT2D eigenvalue weighted by Gasteiger charge is -2.30. The lowest BCUT2D eigenvalue weighted by atomic mass is 10.0. The number of nitrogens with one attached hydrogen (secondary N) is 2. The number of carbonyl (C=O) groups is 2. The minimum atomic E-state index is -0.553. The Hall–Kier alpha value is -2.53. The zero-order valence-electron chi connectivity index (χ0n) is 19.6. The number of amides is 2. The molecular weight excluding hydrogens is 472 g/mol. The molecule has 8 nitrogen and oxygen atoms in total. The van der Waals surface area contributed by atoms with E-state index in [9.17, 15) is 9.59 Å². The number of hydrogen-bond acceptors (Lipinski definition) is 8. The molecular formula is C24H30N4O4S2. The van der Waals surface area contributed by atoms with E-state index >= 15 is 0 Å². The highest BCUT2D eigenvalue weighted by Gasteiger charge is 2.31. The molecule has 0 bridgehead atoms. The van der Waals surface area contributed by atoms with E-state index in [1.165, 1.54) is 11.3 Å². The number of benzene rings is 1. The molecule has 2 aromatic heterocycles.